The second-order valence-corrected chi connectivity index (χ2v) is 7.67. The second-order valence-electron chi connectivity index (χ2n) is 7.67. The van der Waals surface area contributed by atoms with E-state index >= 15 is 0 Å². The maximum absolute atomic E-state index is 12.5. The zero-order valence-corrected chi connectivity index (χ0v) is 16.2. The summed E-state index contributed by atoms with van der Waals surface area (Å²) in [7, 11) is 0. The lowest BCUT2D eigenvalue weighted by molar-refractivity contribution is -0.137. The van der Waals surface area contributed by atoms with Crippen molar-refractivity contribution in [2.45, 2.75) is 19.3 Å². The van der Waals surface area contributed by atoms with Gasteiger partial charge in [0, 0.05) is 56.9 Å². The van der Waals surface area contributed by atoms with Gasteiger partial charge in [-0.15, -0.1) is 0 Å². The lowest BCUT2D eigenvalue weighted by atomic mass is 9.95. The van der Waals surface area contributed by atoms with Crippen LogP contribution in [0.4, 0.5) is 0 Å². The van der Waals surface area contributed by atoms with E-state index in [4.69, 9.17) is 0 Å². The summed E-state index contributed by atoms with van der Waals surface area (Å²) in [6, 6.07) is 7.49. The number of pyridine rings is 1. The number of carbonyl (C=O) groups is 3. The van der Waals surface area contributed by atoms with Crippen molar-refractivity contribution in [3.05, 3.63) is 48.5 Å². The molecular weight excluding hydrogens is 370 g/mol. The van der Waals surface area contributed by atoms with Gasteiger partial charge in [-0.25, -0.2) is 0 Å². The summed E-state index contributed by atoms with van der Waals surface area (Å²) in [5, 5.41) is 5.70. The van der Waals surface area contributed by atoms with Crippen molar-refractivity contribution in [3.8, 4) is 5.69 Å². The molecule has 0 bridgehead atoms. The zero-order valence-electron chi connectivity index (χ0n) is 16.2. The highest BCUT2D eigenvalue weighted by Crippen LogP contribution is 2.21. The molecule has 0 aliphatic carbocycles. The predicted octanol–water partition coefficient (Wildman–Crippen LogP) is 0.977. The molecule has 8 nitrogen and oxygen atoms in total. The third-order valence-electron chi connectivity index (χ3n) is 5.68. The Morgan fingerprint density at radius 1 is 1.21 bits per heavy atom. The Balaban J connectivity index is 1.25. The molecular formula is C21H25N5O3. The van der Waals surface area contributed by atoms with Crippen molar-refractivity contribution >= 4 is 17.7 Å². The second kappa shape index (κ2) is 8.46. The first kappa shape index (κ1) is 19.2. The molecule has 2 saturated heterocycles. The number of carbonyl (C=O) groups excluding carboxylic acids is 3. The van der Waals surface area contributed by atoms with Crippen molar-refractivity contribution in [3.63, 3.8) is 0 Å². The van der Waals surface area contributed by atoms with Crippen LogP contribution in [0.1, 0.15) is 29.8 Å². The summed E-state index contributed by atoms with van der Waals surface area (Å²) in [5.74, 6) is -0.0586. The van der Waals surface area contributed by atoms with Gasteiger partial charge in [0.05, 0.1) is 5.92 Å². The number of piperidine rings is 1. The van der Waals surface area contributed by atoms with E-state index in [2.05, 4.69) is 15.6 Å². The minimum Gasteiger partial charge on any atom is -0.355 e. The smallest absolute Gasteiger partial charge is 0.269 e. The van der Waals surface area contributed by atoms with E-state index in [1.807, 2.05) is 40.1 Å². The van der Waals surface area contributed by atoms with Crippen molar-refractivity contribution in [2.75, 3.05) is 26.2 Å². The molecule has 2 aromatic heterocycles. The first-order valence-electron chi connectivity index (χ1n) is 10.0. The van der Waals surface area contributed by atoms with Gasteiger partial charge in [-0.05, 0) is 43.0 Å². The number of nitrogens with zero attached hydrogens (tertiary/aromatic N) is 3. The lowest BCUT2D eigenvalue weighted by Gasteiger charge is -2.33. The maximum Gasteiger partial charge on any atom is 0.269 e. The first-order valence-corrected chi connectivity index (χ1v) is 10.0. The minimum atomic E-state index is -0.225. The highest BCUT2D eigenvalue weighted by Gasteiger charge is 2.33. The third kappa shape index (κ3) is 4.47. The van der Waals surface area contributed by atoms with Gasteiger partial charge in [-0.2, -0.15) is 0 Å². The number of hydrogen-bond acceptors (Lipinski definition) is 4. The van der Waals surface area contributed by atoms with Crippen molar-refractivity contribution in [2.24, 2.45) is 11.8 Å². The van der Waals surface area contributed by atoms with E-state index in [0.717, 1.165) is 18.5 Å². The quantitative estimate of drug-likeness (QED) is 0.789. The van der Waals surface area contributed by atoms with Gasteiger partial charge in [0.1, 0.15) is 5.69 Å². The molecule has 2 aromatic rings. The lowest BCUT2D eigenvalue weighted by Crippen LogP contribution is -2.44. The Hall–Kier alpha value is -3.16. The molecule has 4 rings (SSSR count). The molecule has 0 unspecified atom stereocenters. The normalized spacial score (nSPS) is 19.8. The van der Waals surface area contributed by atoms with Gasteiger partial charge >= 0.3 is 0 Å². The van der Waals surface area contributed by atoms with Crippen LogP contribution in [-0.4, -0.2) is 58.4 Å². The van der Waals surface area contributed by atoms with Gasteiger partial charge in [0.2, 0.25) is 11.8 Å². The third-order valence-corrected chi connectivity index (χ3v) is 5.68. The predicted molar refractivity (Wildman–Crippen MR) is 106 cm³/mol. The molecule has 2 fully saturated rings. The van der Waals surface area contributed by atoms with Crippen molar-refractivity contribution in [1.82, 2.24) is 25.1 Å². The van der Waals surface area contributed by atoms with E-state index in [0.29, 0.717) is 44.2 Å². The van der Waals surface area contributed by atoms with Crippen LogP contribution in [0.3, 0.4) is 0 Å². The summed E-state index contributed by atoms with van der Waals surface area (Å²) in [6.45, 7) is 2.36. The highest BCUT2D eigenvalue weighted by atomic mass is 16.2. The molecule has 2 N–H and O–H groups in total. The fourth-order valence-corrected chi connectivity index (χ4v) is 3.93. The van der Waals surface area contributed by atoms with E-state index in [-0.39, 0.29) is 23.6 Å². The van der Waals surface area contributed by atoms with Gasteiger partial charge in [0.15, 0.2) is 0 Å². The van der Waals surface area contributed by atoms with Crippen LogP contribution in [-0.2, 0) is 9.59 Å². The van der Waals surface area contributed by atoms with Gasteiger partial charge < -0.3 is 20.1 Å². The Kier molecular flexibility index (Phi) is 5.59. The molecule has 0 spiro atoms. The summed E-state index contributed by atoms with van der Waals surface area (Å²) >= 11 is 0. The van der Waals surface area contributed by atoms with Gasteiger partial charge in [-0.3, -0.25) is 19.4 Å². The van der Waals surface area contributed by atoms with Crippen LogP contribution < -0.4 is 10.6 Å². The van der Waals surface area contributed by atoms with Crippen LogP contribution in [0, 0.1) is 11.8 Å². The average molecular weight is 395 g/mol. The first-order chi connectivity index (χ1) is 14.1. The number of aromatic nitrogens is 2. The molecule has 4 heterocycles. The topological polar surface area (TPSA) is 96.3 Å². The van der Waals surface area contributed by atoms with Crippen LogP contribution in [0.5, 0.6) is 0 Å². The number of nitrogens with one attached hydrogen (secondary N) is 2. The molecule has 2 aliphatic rings. The summed E-state index contributed by atoms with van der Waals surface area (Å²) in [6.07, 6.45) is 7.46. The highest BCUT2D eigenvalue weighted by molar-refractivity contribution is 5.92. The molecule has 3 amide bonds. The number of amides is 3. The molecule has 152 valence electrons. The molecule has 0 saturated carbocycles. The number of hydrogen-bond donors (Lipinski definition) is 2. The van der Waals surface area contributed by atoms with E-state index < -0.39 is 0 Å². The Morgan fingerprint density at radius 2 is 1.97 bits per heavy atom. The van der Waals surface area contributed by atoms with Crippen LogP contribution >= 0.6 is 0 Å². The largest absolute Gasteiger partial charge is 0.355 e. The molecule has 29 heavy (non-hydrogen) atoms. The monoisotopic (exact) mass is 395 g/mol. The Morgan fingerprint density at radius 3 is 2.66 bits per heavy atom. The number of likely N-dealkylation sites (tertiary alicyclic amines) is 1. The Bertz CT molecular complexity index is 887. The fourth-order valence-electron chi connectivity index (χ4n) is 3.93. The average Bonchev–Trinajstić information content (AvgIpc) is 3.44. The van der Waals surface area contributed by atoms with Crippen molar-refractivity contribution in [1.29, 1.82) is 0 Å². The SMILES string of the molecule is O=C1C[C@H](C(=O)N2CCC(CNC(=O)c3cc(-n4cccc4)ccn3)CC2)CN1. The Labute approximate surface area is 169 Å². The molecule has 0 aromatic carbocycles. The molecule has 2 aliphatic heterocycles. The molecule has 0 radical (unpaired) electrons. The molecule has 8 heteroatoms. The minimum absolute atomic E-state index is 0.0459. The number of rotatable bonds is 5. The maximum atomic E-state index is 12.5. The zero-order chi connectivity index (χ0) is 20.2. The van der Waals surface area contributed by atoms with E-state index in [1.54, 1.807) is 12.3 Å². The summed E-state index contributed by atoms with van der Waals surface area (Å²) < 4.78 is 1.93. The summed E-state index contributed by atoms with van der Waals surface area (Å²) in [4.78, 5) is 42.3. The van der Waals surface area contributed by atoms with Crippen LogP contribution in [0.25, 0.3) is 5.69 Å². The van der Waals surface area contributed by atoms with E-state index in [1.165, 1.54) is 0 Å². The standard InChI is InChI=1S/C21H25N5O3/c27-19-11-16(14-23-19)21(29)26-9-4-15(5-10-26)13-24-20(28)18-12-17(3-6-22-18)25-7-1-2-8-25/h1-3,6-8,12,15-16H,4-5,9-11,13-14H2,(H,23,27)(H,24,28)/t16-/m0/s1. The van der Waals surface area contributed by atoms with Gasteiger partial charge in [0.25, 0.3) is 5.91 Å². The van der Waals surface area contributed by atoms with E-state index in [9.17, 15) is 14.4 Å². The van der Waals surface area contributed by atoms with Crippen LogP contribution in [0.15, 0.2) is 42.9 Å². The van der Waals surface area contributed by atoms with Crippen molar-refractivity contribution < 1.29 is 14.4 Å². The van der Waals surface area contributed by atoms with Gasteiger partial charge in [-0.1, -0.05) is 0 Å². The van der Waals surface area contributed by atoms with Crippen LogP contribution in [0.2, 0.25) is 0 Å². The fraction of sp³-hybridized carbons (Fsp3) is 0.429. The molecule has 1 atom stereocenters. The summed E-state index contributed by atoms with van der Waals surface area (Å²) in [5.41, 5.74) is 1.28.